The van der Waals surface area contributed by atoms with Crippen molar-refractivity contribution in [3.63, 3.8) is 0 Å². The minimum atomic E-state index is -4.03. The van der Waals surface area contributed by atoms with E-state index >= 15 is 0 Å². The summed E-state index contributed by atoms with van der Waals surface area (Å²) < 4.78 is 28.3. The average Bonchev–Trinajstić information content (AvgIpc) is 3.16. The monoisotopic (exact) mass is 449 g/mol. The zero-order chi connectivity index (χ0) is 20.6. The highest BCUT2D eigenvalue weighted by atomic mass is 35.5. The Morgan fingerprint density at radius 2 is 1.97 bits per heavy atom. The number of nitro groups is 1. The summed E-state index contributed by atoms with van der Waals surface area (Å²) in [4.78, 5) is 13.6. The fraction of sp³-hybridized carbons (Fsp3) is 0.158. The molecule has 0 saturated carbocycles. The van der Waals surface area contributed by atoms with Crippen molar-refractivity contribution >= 4 is 50.0 Å². The quantitative estimate of drug-likeness (QED) is 0.451. The molecule has 10 heteroatoms. The number of anilines is 2. The molecule has 1 aliphatic heterocycles. The molecular formula is C19H16ClN3O4S2. The maximum atomic E-state index is 12.9. The number of thiophene rings is 1. The van der Waals surface area contributed by atoms with Crippen LogP contribution >= 0.6 is 22.9 Å². The number of nitrogens with zero attached hydrogens (tertiary/aromatic N) is 2. The SMILES string of the molecule is O=[N+]([O-])c1cc(S(=O)(=O)Nc2ccccc2N2CCc3sccc3C2)ccc1Cl. The Kier molecular flexibility index (Phi) is 5.20. The van der Waals surface area contributed by atoms with Crippen molar-refractivity contribution in [2.45, 2.75) is 17.9 Å². The zero-order valence-corrected chi connectivity index (χ0v) is 17.4. The van der Waals surface area contributed by atoms with Crippen LogP contribution in [0.25, 0.3) is 0 Å². The van der Waals surface area contributed by atoms with Crippen LogP contribution in [0.5, 0.6) is 0 Å². The van der Waals surface area contributed by atoms with E-state index in [9.17, 15) is 18.5 Å². The van der Waals surface area contributed by atoms with Crippen LogP contribution in [0.3, 0.4) is 0 Å². The van der Waals surface area contributed by atoms with Gasteiger partial charge in [0.15, 0.2) is 0 Å². The smallest absolute Gasteiger partial charge is 0.289 e. The van der Waals surface area contributed by atoms with Crippen LogP contribution in [0.4, 0.5) is 17.1 Å². The molecule has 0 unspecified atom stereocenters. The molecule has 0 amide bonds. The highest BCUT2D eigenvalue weighted by molar-refractivity contribution is 7.92. The van der Waals surface area contributed by atoms with Crippen molar-refractivity contribution in [2.24, 2.45) is 0 Å². The van der Waals surface area contributed by atoms with E-state index in [1.54, 1.807) is 23.5 Å². The number of nitro benzene ring substituents is 1. The Bertz CT molecular complexity index is 1190. The van der Waals surface area contributed by atoms with Gasteiger partial charge in [-0.3, -0.25) is 14.8 Å². The normalized spacial score (nSPS) is 13.8. The van der Waals surface area contributed by atoms with Gasteiger partial charge in [-0.05, 0) is 47.7 Å². The molecule has 0 bridgehead atoms. The van der Waals surface area contributed by atoms with Crippen molar-refractivity contribution in [1.82, 2.24) is 0 Å². The standard InChI is InChI=1S/C19H16ClN3O4S2/c20-15-6-5-14(11-18(15)23(24)25)29(26,27)21-16-3-1-2-4-17(16)22-9-7-19-13(12-22)8-10-28-19/h1-6,8,10-11,21H,7,9,12H2. The third-order valence-corrected chi connectivity index (χ3v) is 7.43. The first kappa shape index (κ1) is 19.7. The second-order valence-electron chi connectivity index (χ2n) is 6.53. The van der Waals surface area contributed by atoms with E-state index in [1.165, 1.54) is 22.6 Å². The summed E-state index contributed by atoms with van der Waals surface area (Å²) in [5, 5.41) is 13.0. The fourth-order valence-corrected chi connectivity index (χ4v) is 5.46. The molecule has 0 saturated heterocycles. The van der Waals surface area contributed by atoms with E-state index in [-0.39, 0.29) is 9.92 Å². The number of fused-ring (bicyclic) bond motifs is 1. The first-order valence-electron chi connectivity index (χ1n) is 8.71. The van der Waals surface area contributed by atoms with Crippen molar-refractivity contribution < 1.29 is 13.3 Å². The minimum Gasteiger partial charge on any atom is -0.365 e. The second-order valence-corrected chi connectivity index (χ2v) is 9.62. The van der Waals surface area contributed by atoms with Crippen LogP contribution in [0.1, 0.15) is 10.4 Å². The Morgan fingerprint density at radius 3 is 2.76 bits per heavy atom. The van der Waals surface area contributed by atoms with Gasteiger partial charge in [-0.2, -0.15) is 0 Å². The van der Waals surface area contributed by atoms with Gasteiger partial charge in [0.2, 0.25) is 0 Å². The summed E-state index contributed by atoms with van der Waals surface area (Å²) in [5.74, 6) is 0. The van der Waals surface area contributed by atoms with Crippen molar-refractivity contribution in [3.05, 3.63) is 79.5 Å². The van der Waals surface area contributed by atoms with Crippen LogP contribution in [-0.4, -0.2) is 19.9 Å². The Hall–Kier alpha value is -2.62. The van der Waals surface area contributed by atoms with Gasteiger partial charge in [-0.1, -0.05) is 23.7 Å². The average molecular weight is 450 g/mol. The minimum absolute atomic E-state index is 0.116. The first-order valence-corrected chi connectivity index (χ1v) is 11.5. The molecule has 29 heavy (non-hydrogen) atoms. The van der Waals surface area contributed by atoms with Crippen LogP contribution in [-0.2, 0) is 23.0 Å². The molecular weight excluding hydrogens is 434 g/mol. The molecule has 0 spiro atoms. The maximum Gasteiger partial charge on any atom is 0.289 e. The third kappa shape index (κ3) is 3.93. The van der Waals surface area contributed by atoms with Crippen LogP contribution in [0, 0.1) is 10.1 Å². The molecule has 4 rings (SSSR count). The molecule has 0 fully saturated rings. The molecule has 1 N–H and O–H groups in total. The fourth-order valence-electron chi connectivity index (χ4n) is 3.29. The lowest BCUT2D eigenvalue weighted by atomic mass is 10.1. The van der Waals surface area contributed by atoms with Crippen molar-refractivity contribution in [1.29, 1.82) is 0 Å². The third-order valence-electron chi connectivity index (χ3n) is 4.72. The Labute approximate surface area is 176 Å². The van der Waals surface area contributed by atoms with Gasteiger partial charge in [0.05, 0.1) is 21.2 Å². The molecule has 3 aromatic rings. The number of hydrogen-bond acceptors (Lipinski definition) is 6. The number of rotatable bonds is 5. The molecule has 0 aliphatic carbocycles. The summed E-state index contributed by atoms with van der Waals surface area (Å²) in [5.41, 5.74) is 1.97. The van der Waals surface area contributed by atoms with E-state index in [1.807, 2.05) is 12.1 Å². The summed E-state index contributed by atoms with van der Waals surface area (Å²) in [7, 11) is -4.03. The van der Waals surface area contributed by atoms with E-state index in [2.05, 4.69) is 21.1 Å². The Balaban J connectivity index is 1.65. The van der Waals surface area contributed by atoms with Crippen LogP contribution in [0.2, 0.25) is 5.02 Å². The van der Waals surface area contributed by atoms with E-state index in [0.717, 1.165) is 24.7 Å². The number of hydrogen-bond donors (Lipinski definition) is 1. The van der Waals surface area contributed by atoms with Crippen LogP contribution < -0.4 is 9.62 Å². The van der Waals surface area contributed by atoms with Crippen molar-refractivity contribution in [2.75, 3.05) is 16.2 Å². The van der Waals surface area contributed by atoms with Gasteiger partial charge in [0.25, 0.3) is 15.7 Å². The van der Waals surface area contributed by atoms with Gasteiger partial charge in [-0.25, -0.2) is 8.42 Å². The maximum absolute atomic E-state index is 12.9. The summed E-state index contributed by atoms with van der Waals surface area (Å²) in [6.07, 6.45) is 0.900. The van der Waals surface area contributed by atoms with Gasteiger partial charge >= 0.3 is 0 Å². The highest BCUT2D eigenvalue weighted by Gasteiger charge is 2.24. The lowest BCUT2D eigenvalue weighted by Crippen LogP contribution is -2.30. The molecule has 150 valence electrons. The van der Waals surface area contributed by atoms with Gasteiger partial charge in [0.1, 0.15) is 5.02 Å². The number of halogens is 1. The summed E-state index contributed by atoms with van der Waals surface area (Å²) in [6.45, 7) is 1.47. The summed E-state index contributed by atoms with van der Waals surface area (Å²) >= 11 is 7.53. The largest absolute Gasteiger partial charge is 0.365 e. The Morgan fingerprint density at radius 1 is 1.17 bits per heavy atom. The van der Waals surface area contributed by atoms with E-state index in [4.69, 9.17) is 11.6 Å². The zero-order valence-electron chi connectivity index (χ0n) is 15.0. The number of nitrogens with one attached hydrogen (secondary N) is 1. The van der Waals surface area contributed by atoms with Crippen molar-refractivity contribution in [3.8, 4) is 0 Å². The predicted molar refractivity (Wildman–Crippen MR) is 114 cm³/mol. The molecule has 1 aliphatic rings. The van der Waals surface area contributed by atoms with Gasteiger partial charge in [-0.15, -0.1) is 11.3 Å². The first-order chi connectivity index (χ1) is 13.8. The number of sulfonamides is 1. The van der Waals surface area contributed by atoms with Gasteiger partial charge in [0, 0.05) is 24.0 Å². The number of para-hydroxylation sites is 2. The topological polar surface area (TPSA) is 92.5 Å². The molecule has 2 heterocycles. The highest BCUT2D eigenvalue weighted by Crippen LogP contribution is 2.34. The van der Waals surface area contributed by atoms with E-state index < -0.39 is 20.6 Å². The molecule has 0 atom stereocenters. The molecule has 2 aromatic carbocycles. The molecule has 0 radical (unpaired) electrons. The van der Waals surface area contributed by atoms with Gasteiger partial charge < -0.3 is 4.90 Å². The molecule has 7 nitrogen and oxygen atoms in total. The predicted octanol–water partition coefficient (Wildman–Crippen LogP) is 4.67. The number of benzene rings is 2. The van der Waals surface area contributed by atoms with Crippen LogP contribution in [0.15, 0.2) is 58.8 Å². The summed E-state index contributed by atoms with van der Waals surface area (Å²) in [6, 6.07) is 12.6. The second kappa shape index (κ2) is 7.66. The molecule has 1 aromatic heterocycles. The lowest BCUT2D eigenvalue weighted by molar-refractivity contribution is -0.384. The van der Waals surface area contributed by atoms with E-state index in [0.29, 0.717) is 12.2 Å². The lowest BCUT2D eigenvalue weighted by Gasteiger charge is -2.30.